The fourth-order valence-electron chi connectivity index (χ4n) is 1.15. The van der Waals surface area contributed by atoms with E-state index in [1.807, 2.05) is 0 Å². The van der Waals surface area contributed by atoms with E-state index in [0.717, 1.165) is 19.3 Å². The molecule has 4 heteroatoms. The fraction of sp³-hybridized carbons (Fsp3) is 1.00. The molecule has 0 aliphatic heterocycles. The van der Waals surface area contributed by atoms with Crippen LogP contribution in [0.4, 0.5) is 0 Å². The first-order valence-electron chi connectivity index (χ1n) is 5.26. The summed E-state index contributed by atoms with van der Waals surface area (Å²) >= 11 is 0. The van der Waals surface area contributed by atoms with Crippen LogP contribution in [0.2, 0.25) is 0 Å². The molecule has 4 nitrogen and oxygen atoms in total. The number of ether oxygens (including phenoxy) is 2. The highest BCUT2D eigenvalue weighted by molar-refractivity contribution is 4.56. The van der Waals surface area contributed by atoms with E-state index in [1.165, 1.54) is 0 Å². The number of unbranched alkanes of at least 4 members (excludes halogenated alkanes) is 1. The molecule has 0 radical (unpaired) electrons. The number of hydrogen-bond acceptors (Lipinski definition) is 4. The van der Waals surface area contributed by atoms with E-state index < -0.39 is 0 Å². The van der Waals surface area contributed by atoms with Crippen molar-refractivity contribution in [3.05, 3.63) is 0 Å². The van der Waals surface area contributed by atoms with Gasteiger partial charge >= 0.3 is 0 Å². The Labute approximate surface area is 85.8 Å². The third-order valence-electron chi connectivity index (χ3n) is 1.86. The van der Waals surface area contributed by atoms with Gasteiger partial charge in [-0.3, -0.25) is 0 Å². The maximum Gasteiger partial charge on any atom is 0.0809 e. The van der Waals surface area contributed by atoms with Crippen LogP contribution in [0.1, 0.15) is 26.2 Å². The average Bonchev–Trinajstić information content (AvgIpc) is 2.21. The quantitative estimate of drug-likeness (QED) is 0.513. The van der Waals surface area contributed by atoms with Crippen molar-refractivity contribution >= 4 is 0 Å². The minimum absolute atomic E-state index is 0.0422. The van der Waals surface area contributed by atoms with E-state index in [4.69, 9.17) is 19.7 Å². The van der Waals surface area contributed by atoms with E-state index in [1.54, 1.807) is 0 Å². The van der Waals surface area contributed by atoms with Gasteiger partial charge in [0.05, 0.1) is 39.1 Å². The monoisotopic (exact) mass is 206 g/mol. The molecular weight excluding hydrogens is 184 g/mol. The Morgan fingerprint density at radius 2 is 1.86 bits per heavy atom. The first-order valence-corrected chi connectivity index (χ1v) is 5.26. The fourth-order valence-corrected chi connectivity index (χ4v) is 1.15. The molecule has 1 unspecified atom stereocenters. The third kappa shape index (κ3) is 8.44. The highest BCUT2D eigenvalue weighted by atomic mass is 16.5. The first-order chi connectivity index (χ1) is 6.85. The van der Waals surface area contributed by atoms with Crippen LogP contribution in [0, 0.1) is 0 Å². The lowest BCUT2D eigenvalue weighted by atomic mass is 10.2. The van der Waals surface area contributed by atoms with Crippen LogP contribution in [0.3, 0.4) is 0 Å². The van der Waals surface area contributed by atoms with Gasteiger partial charge in [-0.2, -0.15) is 0 Å². The lowest BCUT2D eigenvalue weighted by Crippen LogP contribution is -2.22. The van der Waals surface area contributed by atoms with E-state index in [2.05, 4.69) is 6.92 Å². The van der Waals surface area contributed by atoms with Crippen LogP contribution in [-0.2, 0) is 9.47 Å². The Kier molecular flexibility index (Phi) is 10.8. The predicted octanol–water partition coefficient (Wildman–Crippen LogP) is 0.563. The van der Waals surface area contributed by atoms with Crippen LogP contribution in [0.5, 0.6) is 0 Å². The summed E-state index contributed by atoms with van der Waals surface area (Å²) in [6.45, 7) is 3.42. The minimum Gasteiger partial charge on any atom is -0.394 e. The van der Waals surface area contributed by atoms with Gasteiger partial charge < -0.3 is 19.7 Å². The summed E-state index contributed by atoms with van der Waals surface area (Å²) in [5, 5.41) is 17.1. The lowest BCUT2D eigenvalue weighted by molar-refractivity contribution is -0.0374. The molecule has 86 valence electrons. The highest BCUT2D eigenvalue weighted by Gasteiger charge is 2.08. The highest BCUT2D eigenvalue weighted by Crippen LogP contribution is 2.05. The summed E-state index contributed by atoms with van der Waals surface area (Å²) in [6, 6.07) is 0. The van der Waals surface area contributed by atoms with Gasteiger partial charge in [0.15, 0.2) is 0 Å². The zero-order valence-corrected chi connectivity index (χ0v) is 8.95. The second-order valence-electron chi connectivity index (χ2n) is 3.16. The molecule has 0 heterocycles. The average molecular weight is 206 g/mol. The van der Waals surface area contributed by atoms with Crippen molar-refractivity contribution in [1.29, 1.82) is 0 Å². The minimum atomic E-state index is 0.0422. The normalized spacial score (nSPS) is 13.1. The summed E-state index contributed by atoms with van der Waals surface area (Å²) < 4.78 is 10.6. The van der Waals surface area contributed by atoms with E-state index in [0.29, 0.717) is 19.8 Å². The molecule has 0 amide bonds. The SMILES string of the molecule is CCCCC(COCCO)OCCO. The molecule has 14 heavy (non-hydrogen) atoms. The largest absolute Gasteiger partial charge is 0.394 e. The molecule has 1 atom stereocenters. The molecule has 0 saturated carbocycles. The smallest absolute Gasteiger partial charge is 0.0809 e. The van der Waals surface area contributed by atoms with Crippen LogP contribution < -0.4 is 0 Å². The first kappa shape index (κ1) is 13.8. The topological polar surface area (TPSA) is 58.9 Å². The van der Waals surface area contributed by atoms with E-state index in [9.17, 15) is 0 Å². The van der Waals surface area contributed by atoms with Gasteiger partial charge in [-0.15, -0.1) is 0 Å². The van der Waals surface area contributed by atoms with Crippen LogP contribution in [-0.4, -0.2) is 49.4 Å². The van der Waals surface area contributed by atoms with Crippen LogP contribution in [0.25, 0.3) is 0 Å². The van der Waals surface area contributed by atoms with Crippen molar-refractivity contribution in [2.24, 2.45) is 0 Å². The zero-order valence-electron chi connectivity index (χ0n) is 8.95. The molecule has 0 bridgehead atoms. The Morgan fingerprint density at radius 1 is 1.14 bits per heavy atom. The molecule has 0 rings (SSSR count). The molecule has 0 aromatic rings. The third-order valence-corrected chi connectivity index (χ3v) is 1.86. The van der Waals surface area contributed by atoms with Gasteiger partial charge in [-0.25, -0.2) is 0 Å². The number of aliphatic hydroxyl groups is 2. The van der Waals surface area contributed by atoms with Crippen LogP contribution >= 0.6 is 0 Å². The second kappa shape index (κ2) is 10.9. The van der Waals surface area contributed by atoms with Gasteiger partial charge in [0, 0.05) is 0 Å². The molecule has 0 aromatic carbocycles. The van der Waals surface area contributed by atoms with Crippen molar-refractivity contribution in [1.82, 2.24) is 0 Å². The number of rotatable bonds is 10. The number of aliphatic hydroxyl groups excluding tert-OH is 2. The molecule has 0 aliphatic carbocycles. The molecule has 0 aliphatic rings. The maximum atomic E-state index is 8.61. The summed E-state index contributed by atoms with van der Waals surface area (Å²) in [5.41, 5.74) is 0. The van der Waals surface area contributed by atoms with E-state index in [-0.39, 0.29) is 19.3 Å². The zero-order chi connectivity index (χ0) is 10.6. The predicted molar refractivity (Wildman–Crippen MR) is 54.3 cm³/mol. The van der Waals surface area contributed by atoms with Gasteiger partial charge in [0.2, 0.25) is 0 Å². The van der Waals surface area contributed by atoms with Gasteiger partial charge in [0.1, 0.15) is 0 Å². The number of hydrogen-bond donors (Lipinski definition) is 2. The molecule has 0 saturated heterocycles. The Bertz CT molecular complexity index is 100. The maximum absolute atomic E-state index is 8.61. The van der Waals surface area contributed by atoms with Crippen molar-refractivity contribution in [3.8, 4) is 0 Å². The summed E-state index contributed by atoms with van der Waals surface area (Å²) in [6.07, 6.45) is 3.22. The summed E-state index contributed by atoms with van der Waals surface area (Å²) in [5.74, 6) is 0. The molecule has 0 spiro atoms. The summed E-state index contributed by atoms with van der Waals surface area (Å²) in [7, 11) is 0. The second-order valence-corrected chi connectivity index (χ2v) is 3.16. The standard InChI is InChI=1S/C10H22O4/c1-2-3-4-10(14-8-6-12)9-13-7-5-11/h10-12H,2-9H2,1H3. The molecule has 0 aromatic heterocycles. The molecular formula is C10H22O4. The van der Waals surface area contributed by atoms with Gasteiger partial charge in [-0.1, -0.05) is 19.8 Å². The van der Waals surface area contributed by atoms with Gasteiger partial charge in [-0.05, 0) is 6.42 Å². The lowest BCUT2D eigenvalue weighted by Gasteiger charge is -2.16. The molecule has 2 N–H and O–H groups in total. The van der Waals surface area contributed by atoms with Crippen molar-refractivity contribution in [2.45, 2.75) is 32.3 Å². The molecule has 0 fully saturated rings. The Morgan fingerprint density at radius 3 is 2.43 bits per heavy atom. The van der Waals surface area contributed by atoms with Crippen molar-refractivity contribution < 1.29 is 19.7 Å². The summed E-state index contributed by atoms with van der Waals surface area (Å²) in [4.78, 5) is 0. The Hall–Kier alpha value is -0.160. The van der Waals surface area contributed by atoms with E-state index >= 15 is 0 Å². The Balaban J connectivity index is 3.49. The van der Waals surface area contributed by atoms with Crippen molar-refractivity contribution in [2.75, 3.05) is 33.0 Å². The van der Waals surface area contributed by atoms with Crippen molar-refractivity contribution in [3.63, 3.8) is 0 Å². The van der Waals surface area contributed by atoms with Crippen LogP contribution in [0.15, 0.2) is 0 Å². The van der Waals surface area contributed by atoms with Gasteiger partial charge in [0.25, 0.3) is 0 Å².